The minimum atomic E-state index is -0.787. The van der Waals surface area contributed by atoms with Crippen LogP contribution in [0, 0.1) is 0 Å². The standard InChI is InChI=1S/C16H23N3O3/c1-5-11(4)18-15(21)16(22)19-13-9-7-6-8-12(13)14(20)17-10(2)3/h6-11H,5H2,1-4H3,(H,17,20)(H,18,21)(H,19,22)/t11-/m0/s1. The zero-order valence-corrected chi connectivity index (χ0v) is 13.4. The van der Waals surface area contributed by atoms with Gasteiger partial charge in [0.1, 0.15) is 0 Å². The molecule has 22 heavy (non-hydrogen) atoms. The smallest absolute Gasteiger partial charge is 0.313 e. The van der Waals surface area contributed by atoms with Crippen LogP contribution in [0.3, 0.4) is 0 Å². The second-order valence-electron chi connectivity index (χ2n) is 5.41. The van der Waals surface area contributed by atoms with E-state index in [0.29, 0.717) is 11.3 Å². The Labute approximate surface area is 130 Å². The van der Waals surface area contributed by atoms with E-state index < -0.39 is 11.8 Å². The van der Waals surface area contributed by atoms with E-state index >= 15 is 0 Å². The summed E-state index contributed by atoms with van der Waals surface area (Å²) in [5.41, 5.74) is 0.630. The van der Waals surface area contributed by atoms with Crippen LogP contribution in [0.25, 0.3) is 0 Å². The lowest BCUT2D eigenvalue weighted by Gasteiger charge is -2.14. The molecule has 0 fully saturated rings. The van der Waals surface area contributed by atoms with Gasteiger partial charge in [-0.2, -0.15) is 0 Å². The summed E-state index contributed by atoms with van der Waals surface area (Å²) in [6.07, 6.45) is 0.729. The van der Waals surface area contributed by atoms with E-state index in [1.165, 1.54) is 0 Å². The van der Waals surface area contributed by atoms with E-state index in [1.54, 1.807) is 24.3 Å². The quantitative estimate of drug-likeness (QED) is 0.723. The third kappa shape index (κ3) is 5.20. The third-order valence-corrected chi connectivity index (χ3v) is 3.04. The molecular weight excluding hydrogens is 282 g/mol. The third-order valence-electron chi connectivity index (χ3n) is 3.04. The normalized spacial score (nSPS) is 11.7. The summed E-state index contributed by atoms with van der Waals surface area (Å²) in [6, 6.07) is 6.46. The van der Waals surface area contributed by atoms with E-state index in [1.807, 2.05) is 27.7 Å². The van der Waals surface area contributed by atoms with Crippen LogP contribution in [0.5, 0.6) is 0 Å². The molecular formula is C16H23N3O3. The first kappa shape index (κ1) is 17.7. The van der Waals surface area contributed by atoms with Gasteiger partial charge in [-0.15, -0.1) is 0 Å². The molecule has 0 saturated carbocycles. The van der Waals surface area contributed by atoms with Crippen LogP contribution in [0.15, 0.2) is 24.3 Å². The Morgan fingerprint density at radius 3 is 2.23 bits per heavy atom. The van der Waals surface area contributed by atoms with Gasteiger partial charge in [-0.25, -0.2) is 0 Å². The molecule has 0 saturated heterocycles. The maximum atomic E-state index is 12.1. The fourth-order valence-electron chi connectivity index (χ4n) is 1.70. The fraction of sp³-hybridized carbons (Fsp3) is 0.438. The molecule has 3 N–H and O–H groups in total. The van der Waals surface area contributed by atoms with Gasteiger partial charge < -0.3 is 16.0 Å². The molecule has 0 unspecified atom stereocenters. The number of rotatable bonds is 5. The fourth-order valence-corrected chi connectivity index (χ4v) is 1.70. The summed E-state index contributed by atoms with van der Waals surface area (Å²) in [6.45, 7) is 7.42. The molecule has 0 aliphatic heterocycles. The van der Waals surface area contributed by atoms with Gasteiger partial charge in [-0.1, -0.05) is 19.1 Å². The molecule has 1 rings (SSSR count). The maximum Gasteiger partial charge on any atom is 0.313 e. The van der Waals surface area contributed by atoms with E-state index in [-0.39, 0.29) is 18.0 Å². The Hall–Kier alpha value is -2.37. The maximum absolute atomic E-state index is 12.1. The minimum absolute atomic E-state index is 0.0232. The minimum Gasteiger partial charge on any atom is -0.350 e. The van der Waals surface area contributed by atoms with Gasteiger partial charge >= 0.3 is 11.8 Å². The van der Waals surface area contributed by atoms with Crippen molar-refractivity contribution >= 4 is 23.4 Å². The van der Waals surface area contributed by atoms with Crippen molar-refractivity contribution in [1.29, 1.82) is 0 Å². The highest BCUT2D eigenvalue weighted by molar-refractivity contribution is 6.40. The van der Waals surface area contributed by atoms with Crippen molar-refractivity contribution < 1.29 is 14.4 Å². The molecule has 0 bridgehead atoms. The number of anilines is 1. The summed E-state index contributed by atoms with van der Waals surface area (Å²) in [5.74, 6) is -1.80. The van der Waals surface area contributed by atoms with Crippen molar-refractivity contribution in [3.05, 3.63) is 29.8 Å². The van der Waals surface area contributed by atoms with Crippen LogP contribution in [0.4, 0.5) is 5.69 Å². The lowest BCUT2D eigenvalue weighted by molar-refractivity contribution is -0.136. The highest BCUT2D eigenvalue weighted by Gasteiger charge is 2.19. The van der Waals surface area contributed by atoms with Crippen molar-refractivity contribution in [2.45, 2.75) is 46.2 Å². The van der Waals surface area contributed by atoms with Crippen molar-refractivity contribution in [2.75, 3.05) is 5.32 Å². The average Bonchev–Trinajstić information content (AvgIpc) is 2.46. The lowest BCUT2D eigenvalue weighted by atomic mass is 10.1. The van der Waals surface area contributed by atoms with E-state index in [9.17, 15) is 14.4 Å². The highest BCUT2D eigenvalue weighted by Crippen LogP contribution is 2.15. The Morgan fingerprint density at radius 1 is 1.00 bits per heavy atom. The molecule has 1 atom stereocenters. The molecule has 1 aromatic carbocycles. The highest BCUT2D eigenvalue weighted by atomic mass is 16.2. The van der Waals surface area contributed by atoms with E-state index in [2.05, 4.69) is 16.0 Å². The molecule has 120 valence electrons. The molecule has 0 aromatic heterocycles. The van der Waals surface area contributed by atoms with Gasteiger partial charge in [0.25, 0.3) is 5.91 Å². The Balaban J connectivity index is 2.83. The Morgan fingerprint density at radius 2 is 1.64 bits per heavy atom. The number of amides is 3. The summed E-state index contributed by atoms with van der Waals surface area (Å²) >= 11 is 0. The average molecular weight is 305 g/mol. The largest absolute Gasteiger partial charge is 0.350 e. The molecule has 3 amide bonds. The molecule has 6 nitrogen and oxygen atoms in total. The topological polar surface area (TPSA) is 87.3 Å². The number of hydrogen-bond donors (Lipinski definition) is 3. The van der Waals surface area contributed by atoms with Crippen LogP contribution in [-0.2, 0) is 9.59 Å². The molecule has 1 aromatic rings. The molecule has 0 aliphatic rings. The van der Waals surface area contributed by atoms with Gasteiger partial charge in [-0.05, 0) is 39.3 Å². The zero-order valence-electron chi connectivity index (χ0n) is 13.4. The van der Waals surface area contributed by atoms with Crippen LogP contribution in [0.2, 0.25) is 0 Å². The van der Waals surface area contributed by atoms with Gasteiger partial charge in [0.15, 0.2) is 0 Å². The first-order chi connectivity index (χ1) is 10.3. The predicted octanol–water partition coefficient (Wildman–Crippen LogP) is 1.68. The predicted molar refractivity (Wildman–Crippen MR) is 85.6 cm³/mol. The Bertz CT molecular complexity index is 555. The lowest BCUT2D eigenvalue weighted by Crippen LogP contribution is -2.40. The SMILES string of the molecule is CC[C@H](C)NC(=O)C(=O)Nc1ccccc1C(=O)NC(C)C. The number of hydrogen-bond acceptors (Lipinski definition) is 3. The molecule has 0 spiro atoms. The zero-order chi connectivity index (χ0) is 16.7. The monoisotopic (exact) mass is 305 g/mol. The number of benzene rings is 1. The molecule has 0 radical (unpaired) electrons. The van der Waals surface area contributed by atoms with Crippen LogP contribution in [-0.4, -0.2) is 29.8 Å². The van der Waals surface area contributed by atoms with Crippen molar-refractivity contribution in [1.82, 2.24) is 10.6 Å². The van der Waals surface area contributed by atoms with E-state index in [0.717, 1.165) is 6.42 Å². The van der Waals surface area contributed by atoms with Crippen molar-refractivity contribution in [3.8, 4) is 0 Å². The summed E-state index contributed by atoms with van der Waals surface area (Å²) in [4.78, 5) is 35.7. The van der Waals surface area contributed by atoms with Gasteiger partial charge in [0.2, 0.25) is 0 Å². The summed E-state index contributed by atoms with van der Waals surface area (Å²) in [5, 5.41) is 7.81. The summed E-state index contributed by atoms with van der Waals surface area (Å²) < 4.78 is 0. The van der Waals surface area contributed by atoms with Crippen LogP contribution < -0.4 is 16.0 Å². The Kier molecular flexibility index (Phi) is 6.56. The van der Waals surface area contributed by atoms with Gasteiger partial charge in [0.05, 0.1) is 11.3 Å². The van der Waals surface area contributed by atoms with Crippen LogP contribution >= 0.6 is 0 Å². The van der Waals surface area contributed by atoms with Gasteiger partial charge in [-0.3, -0.25) is 14.4 Å². The second-order valence-corrected chi connectivity index (χ2v) is 5.41. The first-order valence-corrected chi connectivity index (χ1v) is 7.36. The summed E-state index contributed by atoms with van der Waals surface area (Å²) in [7, 11) is 0. The molecule has 6 heteroatoms. The van der Waals surface area contributed by atoms with Crippen LogP contribution in [0.1, 0.15) is 44.5 Å². The molecule has 0 aliphatic carbocycles. The number of carbonyl (C=O) groups is 3. The number of carbonyl (C=O) groups excluding carboxylic acids is 3. The van der Waals surface area contributed by atoms with Crippen molar-refractivity contribution in [3.63, 3.8) is 0 Å². The second kappa shape index (κ2) is 8.17. The van der Waals surface area contributed by atoms with Crippen molar-refractivity contribution in [2.24, 2.45) is 0 Å². The number of para-hydroxylation sites is 1. The number of nitrogens with one attached hydrogen (secondary N) is 3. The van der Waals surface area contributed by atoms with E-state index in [4.69, 9.17) is 0 Å². The first-order valence-electron chi connectivity index (χ1n) is 7.36. The molecule has 0 heterocycles. The van der Waals surface area contributed by atoms with Gasteiger partial charge in [0, 0.05) is 12.1 Å².